The van der Waals surface area contributed by atoms with Gasteiger partial charge in [-0.2, -0.15) is 0 Å². The number of aromatic nitrogens is 2. The minimum atomic E-state index is -0.772. The number of piperazine rings is 2. The molecule has 14 heteroatoms. The second-order valence-corrected chi connectivity index (χ2v) is 14.7. The van der Waals surface area contributed by atoms with Crippen LogP contribution in [0.4, 0.5) is 15.9 Å². The monoisotopic (exact) mass is 734 g/mol. The summed E-state index contributed by atoms with van der Waals surface area (Å²) >= 11 is 1.65. The van der Waals surface area contributed by atoms with Crippen LogP contribution in [-0.4, -0.2) is 153 Å². The Morgan fingerprint density at radius 3 is 2.21 bits per heavy atom. The Hall–Kier alpha value is -4.27. The summed E-state index contributed by atoms with van der Waals surface area (Å²) in [5.74, 6) is 1.25. The maximum absolute atomic E-state index is 13.6. The van der Waals surface area contributed by atoms with Crippen molar-refractivity contribution in [2.75, 3.05) is 102 Å². The van der Waals surface area contributed by atoms with Gasteiger partial charge in [-0.3, -0.25) is 24.1 Å². The summed E-state index contributed by atoms with van der Waals surface area (Å²) in [6.07, 6.45) is 8.79. The van der Waals surface area contributed by atoms with Gasteiger partial charge >= 0.3 is 0 Å². The zero-order valence-electron chi connectivity index (χ0n) is 30.4. The predicted molar refractivity (Wildman–Crippen MR) is 205 cm³/mol. The summed E-state index contributed by atoms with van der Waals surface area (Å²) in [7, 11) is 4.16. The van der Waals surface area contributed by atoms with E-state index in [2.05, 4.69) is 52.0 Å². The molecule has 3 aliphatic heterocycles. The van der Waals surface area contributed by atoms with Crippen LogP contribution in [-0.2, 0) is 19.2 Å². The summed E-state index contributed by atoms with van der Waals surface area (Å²) in [5, 5.41) is 0.923. The summed E-state index contributed by atoms with van der Waals surface area (Å²) < 4.78 is 14.7. The number of alkyl halides is 1. The average Bonchev–Trinajstić information content (AvgIpc) is 3.80. The molecule has 280 valence electrons. The van der Waals surface area contributed by atoms with E-state index < -0.39 is 6.17 Å². The smallest absolute Gasteiger partial charge is 0.236 e. The zero-order valence-corrected chi connectivity index (χ0v) is 31.2. The molecule has 0 N–H and O–H groups in total. The van der Waals surface area contributed by atoms with Crippen LogP contribution in [0.3, 0.4) is 0 Å². The van der Waals surface area contributed by atoms with Crippen LogP contribution in [0.5, 0.6) is 0 Å². The highest BCUT2D eigenvalue weighted by atomic mass is 32.1. The Morgan fingerprint density at radius 1 is 0.865 bits per heavy atom. The molecule has 5 heterocycles. The molecule has 0 radical (unpaired) electrons. The fraction of sp³-hybridized carbons (Fsp3) is 0.526. The van der Waals surface area contributed by atoms with Crippen LogP contribution in [0.25, 0.3) is 20.8 Å². The number of hydrogen-bond acceptors (Lipinski definition) is 11. The number of halogens is 1. The second-order valence-electron chi connectivity index (χ2n) is 13.7. The van der Waals surface area contributed by atoms with Crippen molar-refractivity contribution in [3.63, 3.8) is 0 Å². The highest BCUT2D eigenvalue weighted by Crippen LogP contribution is 2.33. The lowest BCUT2D eigenvalue weighted by atomic mass is 10.1. The number of thiazole rings is 1. The predicted octanol–water partition coefficient (Wildman–Crippen LogP) is 3.76. The van der Waals surface area contributed by atoms with Crippen LogP contribution in [0, 0.1) is 0 Å². The van der Waals surface area contributed by atoms with Gasteiger partial charge in [0.05, 0.1) is 23.3 Å². The number of pyridine rings is 1. The van der Waals surface area contributed by atoms with E-state index in [1.165, 1.54) is 0 Å². The van der Waals surface area contributed by atoms with Crippen LogP contribution >= 0.6 is 11.3 Å². The summed E-state index contributed by atoms with van der Waals surface area (Å²) in [6.45, 7) is 8.54. The molecule has 3 fully saturated rings. The Balaban J connectivity index is 0.000000803. The molecule has 1 atom stereocenters. The third kappa shape index (κ3) is 11.1. The molecule has 0 spiro atoms. The zero-order chi connectivity index (χ0) is 36.9. The van der Waals surface area contributed by atoms with Crippen LogP contribution in [0.15, 0.2) is 48.7 Å². The quantitative estimate of drug-likeness (QED) is 0.146. The fourth-order valence-electron chi connectivity index (χ4n) is 6.65. The summed E-state index contributed by atoms with van der Waals surface area (Å²) in [4.78, 5) is 66.5. The van der Waals surface area contributed by atoms with Crippen molar-refractivity contribution in [3.05, 3.63) is 48.7 Å². The van der Waals surface area contributed by atoms with Gasteiger partial charge in [-0.15, -0.1) is 11.3 Å². The van der Waals surface area contributed by atoms with Crippen LogP contribution < -0.4 is 9.80 Å². The Labute approximate surface area is 309 Å². The topological polar surface area (TPSA) is 114 Å². The second kappa shape index (κ2) is 19.5. The highest BCUT2D eigenvalue weighted by molar-refractivity contribution is 7.21. The van der Waals surface area contributed by atoms with E-state index >= 15 is 0 Å². The average molecular weight is 735 g/mol. The number of fused-ring (bicyclic) bond motifs is 1. The summed E-state index contributed by atoms with van der Waals surface area (Å²) in [5.41, 5.74) is 3.08. The number of nitrogens with zero attached hydrogens (tertiary/aromatic N) is 8. The minimum Gasteiger partial charge on any atom is -0.368 e. The van der Waals surface area contributed by atoms with E-state index in [0.29, 0.717) is 71.2 Å². The van der Waals surface area contributed by atoms with Crippen molar-refractivity contribution < 1.29 is 23.6 Å². The number of carbonyl (C=O) groups excluding carboxylic acids is 4. The van der Waals surface area contributed by atoms with Crippen molar-refractivity contribution in [3.8, 4) is 10.6 Å². The molecule has 52 heavy (non-hydrogen) atoms. The first kappa shape index (κ1) is 38.9. The van der Waals surface area contributed by atoms with Crippen molar-refractivity contribution >= 4 is 57.4 Å². The van der Waals surface area contributed by atoms with Gasteiger partial charge < -0.3 is 24.5 Å². The molecule has 2 amide bonds. The molecular formula is C38H51FN8O4S. The van der Waals surface area contributed by atoms with E-state index in [4.69, 9.17) is 4.98 Å². The van der Waals surface area contributed by atoms with Crippen molar-refractivity contribution in [2.45, 2.75) is 38.3 Å². The number of rotatable bonds is 13. The van der Waals surface area contributed by atoms with Gasteiger partial charge in [0.15, 0.2) is 0 Å². The molecule has 1 aromatic carbocycles. The number of carbonyl (C=O) groups is 4. The highest BCUT2D eigenvalue weighted by Gasteiger charge is 2.27. The Bertz CT molecular complexity index is 1640. The molecule has 0 saturated carbocycles. The number of anilines is 2. The first-order chi connectivity index (χ1) is 25.2. The van der Waals surface area contributed by atoms with Gasteiger partial charge in [-0.1, -0.05) is 6.42 Å². The van der Waals surface area contributed by atoms with Gasteiger partial charge in [0.1, 0.15) is 29.6 Å². The van der Waals surface area contributed by atoms with E-state index in [0.717, 1.165) is 96.4 Å². The number of allylic oxidation sites excluding steroid dienone is 2. The SMILES string of the molecule is CN(C)CCCCCC(=O)N1CCN(CC(=O)N2CCN(c3ccc4nc(-c5ccc(N6CCC(F)C6)nc5)sc4c3)CC2)CC1.O=C/C=C\C=O. The molecular weight excluding hydrogens is 684 g/mol. The van der Waals surface area contributed by atoms with E-state index in [1.54, 1.807) is 11.3 Å². The number of amides is 2. The van der Waals surface area contributed by atoms with E-state index in [1.807, 2.05) is 33.0 Å². The number of hydrogen-bond donors (Lipinski definition) is 0. The minimum absolute atomic E-state index is 0.178. The maximum Gasteiger partial charge on any atom is 0.236 e. The molecule has 1 unspecified atom stereocenters. The normalized spacial score (nSPS) is 18.3. The van der Waals surface area contributed by atoms with Crippen LogP contribution in [0.1, 0.15) is 32.1 Å². The molecule has 0 aliphatic carbocycles. The molecule has 3 aliphatic rings. The van der Waals surface area contributed by atoms with Crippen molar-refractivity contribution in [1.82, 2.24) is 29.6 Å². The lowest BCUT2D eigenvalue weighted by Gasteiger charge is -2.38. The number of unbranched alkanes of at least 4 members (excludes halogenated alkanes) is 2. The molecule has 3 aromatic rings. The molecule has 3 saturated heterocycles. The fourth-order valence-corrected chi connectivity index (χ4v) is 7.64. The summed E-state index contributed by atoms with van der Waals surface area (Å²) in [6, 6.07) is 10.4. The first-order valence-electron chi connectivity index (χ1n) is 18.2. The third-order valence-corrected chi connectivity index (χ3v) is 10.7. The Kier molecular flexibility index (Phi) is 14.6. The number of aldehydes is 2. The first-order valence-corrected chi connectivity index (χ1v) is 19.0. The molecule has 6 rings (SSSR count). The maximum atomic E-state index is 13.6. The van der Waals surface area contributed by atoms with Gasteiger partial charge in [0.2, 0.25) is 11.8 Å². The Morgan fingerprint density at radius 2 is 1.58 bits per heavy atom. The van der Waals surface area contributed by atoms with Gasteiger partial charge in [0, 0.05) is 82.8 Å². The largest absolute Gasteiger partial charge is 0.368 e. The van der Waals surface area contributed by atoms with Gasteiger partial charge in [-0.25, -0.2) is 14.4 Å². The number of benzene rings is 1. The van der Waals surface area contributed by atoms with E-state index in [-0.39, 0.29) is 11.8 Å². The lowest BCUT2D eigenvalue weighted by molar-refractivity contribution is -0.135. The van der Waals surface area contributed by atoms with Crippen LogP contribution in [0.2, 0.25) is 0 Å². The third-order valence-electron chi connectivity index (χ3n) is 9.67. The van der Waals surface area contributed by atoms with Gasteiger partial charge in [0.25, 0.3) is 0 Å². The van der Waals surface area contributed by atoms with Gasteiger partial charge in [-0.05, 0) is 82.4 Å². The van der Waals surface area contributed by atoms with E-state index in [9.17, 15) is 23.6 Å². The molecule has 2 aromatic heterocycles. The molecule has 12 nitrogen and oxygen atoms in total. The molecule has 0 bridgehead atoms. The van der Waals surface area contributed by atoms with Crippen molar-refractivity contribution in [2.24, 2.45) is 0 Å². The standard InChI is InChI=1S/C34H47FN8O2S.C4H4O2/c1-38(2)12-5-3-4-6-32(44)41-16-14-39(15-17-41)25-33(45)42-20-18-40(19-21-42)28-8-9-29-30(22-28)46-34(37-29)26-7-10-31(36-23-26)43-13-11-27(35)24-43;5-3-1-2-4-6/h7-10,22-23,27H,3-6,11-21,24-25H2,1-2H3;1-4H/b;2-1-. The van der Waals surface area contributed by atoms with Crippen molar-refractivity contribution in [1.29, 1.82) is 0 Å². The lowest BCUT2D eigenvalue weighted by Crippen LogP contribution is -2.54.